The van der Waals surface area contributed by atoms with Gasteiger partial charge in [0.1, 0.15) is 18.4 Å². The number of rotatable bonds is 14. The molecule has 322 valence electrons. The van der Waals surface area contributed by atoms with Crippen LogP contribution in [0.4, 0.5) is 11.6 Å². The van der Waals surface area contributed by atoms with Crippen molar-refractivity contribution in [3.05, 3.63) is 87.5 Å². The average Bonchev–Trinajstić information content (AvgIpc) is 3.66. The van der Waals surface area contributed by atoms with Crippen molar-refractivity contribution in [1.29, 1.82) is 0 Å². The van der Waals surface area contributed by atoms with Gasteiger partial charge < -0.3 is 25.0 Å². The lowest BCUT2D eigenvalue weighted by atomic mass is 10.2. The van der Waals surface area contributed by atoms with Crippen LogP contribution in [0.15, 0.2) is 36.7 Å². The molecule has 5 aliphatic rings. The summed E-state index contributed by atoms with van der Waals surface area (Å²) >= 11 is 0. The molecule has 5 aromatic rings. The number of carbonyl (C=O) groups is 2. The molecule has 4 fully saturated rings. The second kappa shape index (κ2) is 16.4. The van der Waals surface area contributed by atoms with Crippen molar-refractivity contribution < 1.29 is 19.4 Å². The van der Waals surface area contributed by atoms with Crippen molar-refractivity contribution in [2.24, 2.45) is 23.7 Å². The number of aromatic carboxylic acids is 1. The molecule has 0 bridgehead atoms. The molecule has 18 heteroatoms. The quantitative estimate of drug-likeness (QED) is 0.114. The van der Waals surface area contributed by atoms with E-state index in [4.69, 9.17) is 24.9 Å². The first-order valence-corrected chi connectivity index (χ1v) is 25.4. The van der Waals surface area contributed by atoms with Crippen LogP contribution in [0.2, 0.25) is 25.7 Å². The summed E-state index contributed by atoms with van der Waals surface area (Å²) in [6.07, 6.45) is 7.65. The number of pyridine rings is 2. The molecule has 2 aliphatic heterocycles. The first-order valence-electron chi connectivity index (χ1n) is 21.7. The highest BCUT2D eigenvalue weighted by molar-refractivity contribution is 6.76. The van der Waals surface area contributed by atoms with Crippen molar-refractivity contribution in [2.75, 3.05) is 42.6 Å². The highest BCUT2D eigenvalue weighted by Crippen LogP contribution is 2.47. The third kappa shape index (κ3) is 9.24. The highest BCUT2D eigenvalue weighted by atomic mass is 28.3. The molecular formula is C43H57N13O4Si. The Hall–Kier alpha value is -5.49. The molecule has 4 unspecified atom stereocenters. The minimum absolute atomic E-state index is 0.0430. The van der Waals surface area contributed by atoms with Gasteiger partial charge in [0.25, 0.3) is 5.91 Å². The van der Waals surface area contributed by atoms with Crippen molar-refractivity contribution in [2.45, 2.75) is 98.0 Å². The van der Waals surface area contributed by atoms with Gasteiger partial charge in [0.15, 0.2) is 11.4 Å². The van der Waals surface area contributed by atoms with Crippen LogP contribution < -0.4 is 15.1 Å². The number of piperidine rings is 2. The van der Waals surface area contributed by atoms with Crippen molar-refractivity contribution in [3.63, 3.8) is 0 Å². The van der Waals surface area contributed by atoms with Crippen molar-refractivity contribution in [3.8, 4) is 0 Å². The van der Waals surface area contributed by atoms with Gasteiger partial charge in [-0.05, 0) is 105 Å². The Morgan fingerprint density at radius 2 is 1.34 bits per heavy atom. The van der Waals surface area contributed by atoms with Crippen molar-refractivity contribution in [1.82, 2.24) is 55.1 Å². The van der Waals surface area contributed by atoms with Gasteiger partial charge in [0, 0.05) is 57.9 Å². The minimum Gasteiger partial charge on any atom is -0.476 e. The van der Waals surface area contributed by atoms with Crippen LogP contribution in [0.3, 0.4) is 0 Å². The van der Waals surface area contributed by atoms with Crippen LogP contribution in [0.25, 0.3) is 0 Å². The Kier molecular flexibility index (Phi) is 11.0. The third-order valence-corrected chi connectivity index (χ3v) is 14.8. The summed E-state index contributed by atoms with van der Waals surface area (Å²) in [6, 6.07) is 9.32. The number of nitrogens with one attached hydrogen (secondary N) is 1. The molecule has 0 spiro atoms. The predicted octanol–water partition coefficient (Wildman–Crippen LogP) is 4.90. The van der Waals surface area contributed by atoms with Gasteiger partial charge in [0.05, 0.1) is 37.2 Å². The lowest BCUT2D eigenvalue weighted by Gasteiger charge is -2.20. The zero-order chi connectivity index (χ0) is 42.6. The van der Waals surface area contributed by atoms with Crippen LogP contribution in [-0.2, 0) is 31.0 Å². The number of hydrogen-bond donors (Lipinski definition) is 2. The summed E-state index contributed by atoms with van der Waals surface area (Å²) in [7, 11) is -1.12. The summed E-state index contributed by atoms with van der Waals surface area (Å²) in [5.74, 6) is 4.32. The molecule has 0 radical (unpaired) electrons. The Bertz CT molecular complexity index is 2420. The molecule has 61 heavy (non-hydrogen) atoms. The standard InChI is InChI=1S/C28H40N8O2Si.C15H17N5O2/c1-18-20(6-9-26(29-18)34-13-21-12-22(21)14-34)15-35-16-25(31-33-35)28(37)30-24-8-7-23-19(2)36(32-27(23)24)17-38-10-11-39(3,4)5;1-9-10(7-20-8-13(15(21)22)17-18-20)2-3-14(16-9)19-5-11-4-12(11)6-19/h6,9,16,21-22,24H,7-8,10-15,17H2,1-5H3,(H,30,37);2-3,8,11-12H,4-7H2,1H3,(H,21,22)/t21?,22?,24-;/m1./s1. The Balaban J connectivity index is 0.000000182. The van der Waals surface area contributed by atoms with Gasteiger partial charge in [0.2, 0.25) is 0 Å². The molecule has 7 heterocycles. The molecule has 5 aromatic heterocycles. The van der Waals surface area contributed by atoms with E-state index < -0.39 is 14.0 Å². The molecule has 17 nitrogen and oxygen atoms in total. The summed E-state index contributed by atoms with van der Waals surface area (Å²) in [4.78, 5) is 38.2. The van der Waals surface area contributed by atoms with E-state index in [1.165, 1.54) is 29.3 Å². The molecule has 10 rings (SSSR count). The van der Waals surface area contributed by atoms with E-state index in [1.54, 1.807) is 10.9 Å². The lowest BCUT2D eigenvalue weighted by molar-refractivity contribution is 0.0689. The van der Waals surface area contributed by atoms with E-state index in [-0.39, 0.29) is 17.6 Å². The number of ether oxygens (including phenoxy) is 1. The largest absolute Gasteiger partial charge is 0.476 e. The van der Waals surface area contributed by atoms with E-state index in [9.17, 15) is 9.59 Å². The Morgan fingerprint density at radius 1 is 0.803 bits per heavy atom. The first kappa shape index (κ1) is 40.9. The van der Waals surface area contributed by atoms with E-state index in [0.29, 0.717) is 25.5 Å². The summed E-state index contributed by atoms with van der Waals surface area (Å²) < 4.78 is 11.1. The summed E-state index contributed by atoms with van der Waals surface area (Å²) in [6.45, 7) is 19.9. The van der Waals surface area contributed by atoms with E-state index in [1.807, 2.05) is 30.7 Å². The minimum atomic E-state index is -1.12. The van der Waals surface area contributed by atoms with Gasteiger partial charge >= 0.3 is 5.97 Å². The number of carboxylic acid groups (broad SMARTS) is 1. The number of carbonyl (C=O) groups excluding carboxylic acids is 1. The first-order chi connectivity index (χ1) is 29.2. The zero-order valence-corrected chi connectivity index (χ0v) is 37.1. The van der Waals surface area contributed by atoms with Crippen LogP contribution in [0.5, 0.6) is 0 Å². The molecule has 2 saturated carbocycles. The number of fused-ring (bicyclic) bond motifs is 3. The van der Waals surface area contributed by atoms with Crippen LogP contribution in [-0.4, -0.2) is 108 Å². The van der Waals surface area contributed by atoms with Crippen LogP contribution >= 0.6 is 0 Å². The molecule has 3 aliphatic carbocycles. The van der Waals surface area contributed by atoms with E-state index >= 15 is 0 Å². The lowest BCUT2D eigenvalue weighted by Crippen LogP contribution is -2.28. The Labute approximate surface area is 356 Å². The molecule has 2 N–H and O–H groups in total. The second-order valence-electron chi connectivity index (χ2n) is 18.9. The number of aromatic nitrogens is 10. The zero-order valence-electron chi connectivity index (χ0n) is 36.1. The number of anilines is 2. The van der Waals surface area contributed by atoms with Crippen molar-refractivity contribution >= 4 is 31.6 Å². The van der Waals surface area contributed by atoms with Gasteiger partial charge in [-0.1, -0.05) is 42.2 Å². The van der Waals surface area contributed by atoms with E-state index in [2.05, 4.69) is 74.4 Å². The summed E-state index contributed by atoms with van der Waals surface area (Å²) in [5.41, 5.74) is 7.59. The number of amides is 1. The molecule has 2 saturated heterocycles. The third-order valence-electron chi connectivity index (χ3n) is 13.1. The van der Waals surface area contributed by atoms with Gasteiger partial charge in [-0.25, -0.2) is 28.8 Å². The van der Waals surface area contributed by atoms with Gasteiger partial charge in [-0.15, -0.1) is 10.2 Å². The normalized spacial score (nSPS) is 22.1. The van der Waals surface area contributed by atoms with Gasteiger partial charge in [-0.2, -0.15) is 5.10 Å². The fraction of sp³-hybridized carbons (Fsp3) is 0.558. The van der Waals surface area contributed by atoms with Gasteiger partial charge in [-0.3, -0.25) is 4.79 Å². The fourth-order valence-corrected chi connectivity index (χ4v) is 9.72. The monoisotopic (exact) mass is 847 g/mol. The smallest absolute Gasteiger partial charge is 0.358 e. The second-order valence-corrected chi connectivity index (χ2v) is 24.5. The maximum atomic E-state index is 13.1. The Morgan fingerprint density at radius 3 is 1.85 bits per heavy atom. The molecular weight excluding hydrogens is 791 g/mol. The average molecular weight is 848 g/mol. The molecule has 0 aromatic carbocycles. The maximum Gasteiger partial charge on any atom is 0.358 e. The maximum absolute atomic E-state index is 13.1. The number of hydrogen-bond acceptors (Lipinski definition) is 12. The van der Waals surface area contributed by atoms with E-state index in [0.717, 1.165) is 121 Å². The topological polar surface area (TPSA) is 187 Å². The molecule has 1 amide bonds. The number of aryl methyl sites for hydroxylation is 2. The number of nitrogens with zero attached hydrogens (tertiary/aromatic N) is 12. The SMILES string of the molecule is Cc1nc(N2CC3CC3C2)ccc1Cn1cc(C(=O)N[C@@H]2CCc3c2nn(COCC[Si](C)(C)C)c3C)nn1.Cc1nc(N2CC3CC3C2)ccc1Cn1cc(C(=O)O)nn1. The molecule has 5 atom stereocenters. The fourth-order valence-electron chi connectivity index (χ4n) is 8.96. The predicted molar refractivity (Wildman–Crippen MR) is 230 cm³/mol. The highest BCUT2D eigenvalue weighted by Gasteiger charge is 2.46. The van der Waals surface area contributed by atoms with Crippen LogP contribution in [0, 0.1) is 44.4 Å². The van der Waals surface area contributed by atoms with Crippen LogP contribution in [0.1, 0.15) is 85.7 Å². The summed E-state index contributed by atoms with van der Waals surface area (Å²) in [5, 5.41) is 32.6. The number of carboxylic acids is 1.